The molecule has 0 aromatic heterocycles. The molecular formula is C14H4F4. The topological polar surface area (TPSA) is 0 Å². The molecule has 3 rings (SSSR count). The number of hydrogen-bond donors (Lipinski definition) is 0. The molecule has 0 fully saturated rings. The molecule has 0 nitrogen and oxygen atoms in total. The minimum atomic E-state index is -0.888. The van der Waals surface area contributed by atoms with Crippen molar-refractivity contribution in [3.05, 3.63) is 59.7 Å². The third-order valence-corrected chi connectivity index (χ3v) is 2.72. The van der Waals surface area contributed by atoms with Crippen LogP contribution in [0.4, 0.5) is 17.6 Å². The number of halogens is 4. The van der Waals surface area contributed by atoms with Crippen LogP contribution in [0, 0.1) is 35.4 Å². The SMILES string of the molecule is Fc1[c]c(F)c2cc3cc(F)[c]c(F)c3cc2c1. The van der Waals surface area contributed by atoms with Crippen LogP contribution in [0.3, 0.4) is 0 Å². The van der Waals surface area contributed by atoms with Gasteiger partial charge in [-0.15, -0.1) is 0 Å². The Hall–Kier alpha value is -2.10. The van der Waals surface area contributed by atoms with Crippen molar-refractivity contribution < 1.29 is 17.6 Å². The Kier molecular flexibility index (Phi) is 2.26. The zero-order valence-electron chi connectivity index (χ0n) is 8.82. The second-order valence-electron chi connectivity index (χ2n) is 3.89. The fourth-order valence-corrected chi connectivity index (χ4v) is 1.94. The summed E-state index contributed by atoms with van der Waals surface area (Å²) in [5, 5.41) is 0.508. The largest absolute Gasteiger partial charge is 0.206 e. The third-order valence-electron chi connectivity index (χ3n) is 2.72. The number of hydrogen-bond acceptors (Lipinski definition) is 0. The molecule has 0 saturated carbocycles. The first-order valence-electron chi connectivity index (χ1n) is 5.07. The summed E-state index contributed by atoms with van der Waals surface area (Å²) in [6.45, 7) is 0. The molecule has 3 aromatic carbocycles. The van der Waals surface area contributed by atoms with E-state index in [1.807, 2.05) is 12.1 Å². The summed E-state index contributed by atoms with van der Waals surface area (Å²) < 4.78 is 53.0. The molecule has 18 heavy (non-hydrogen) atoms. The molecule has 0 aliphatic carbocycles. The summed E-state index contributed by atoms with van der Waals surface area (Å²) in [5.74, 6) is -3.52. The molecule has 0 aliphatic heterocycles. The first-order chi connectivity index (χ1) is 8.54. The highest BCUT2D eigenvalue weighted by Crippen LogP contribution is 2.27. The highest BCUT2D eigenvalue weighted by Gasteiger charge is 2.10. The monoisotopic (exact) mass is 248 g/mol. The van der Waals surface area contributed by atoms with Crippen molar-refractivity contribution >= 4 is 21.5 Å². The Labute approximate surface area is 99.5 Å². The van der Waals surface area contributed by atoms with Crippen LogP contribution in [0.1, 0.15) is 0 Å². The summed E-state index contributed by atoms with van der Waals surface area (Å²) in [7, 11) is 0. The standard InChI is InChI=1S/C14H4F4/c15-9-1-7-3-12-8(2-10(16)6-14(12)18)4-11(7)13(17)5-9/h1-4H. The van der Waals surface area contributed by atoms with E-state index < -0.39 is 23.3 Å². The molecule has 0 amide bonds. The second kappa shape index (κ2) is 3.70. The normalized spacial score (nSPS) is 11.3. The maximum Gasteiger partial charge on any atom is 0.142 e. The molecule has 0 bridgehead atoms. The molecule has 0 N–H and O–H groups in total. The van der Waals surface area contributed by atoms with E-state index >= 15 is 0 Å². The Balaban J connectivity index is 2.51. The lowest BCUT2D eigenvalue weighted by molar-refractivity contribution is 0.586. The van der Waals surface area contributed by atoms with Gasteiger partial charge in [0.1, 0.15) is 23.3 Å². The molecule has 3 aromatic rings. The summed E-state index contributed by atoms with van der Waals surface area (Å²) in [5.41, 5.74) is 0. The first kappa shape index (κ1) is 11.0. The predicted molar refractivity (Wildman–Crippen MR) is 59.0 cm³/mol. The van der Waals surface area contributed by atoms with E-state index in [1.165, 1.54) is 12.1 Å². The number of rotatable bonds is 0. The van der Waals surface area contributed by atoms with Crippen LogP contribution in [0.2, 0.25) is 0 Å². The Morgan fingerprint density at radius 1 is 0.611 bits per heavy atom. The molecule has 2 radical (unpaired) electrons. The van der Waals surface area contributed by atoms with Gasteiger partial charge in [-0.25, -0.2) is 17.6 Å². The van der Waals surface area contributed by atoms with Gasteiger partial charge in [-0.2, -0.15) is 0 Å². The Morgan fingerprint density at radius 2 is 1.00 bits per heavy atom. The Bertz CT molecular complexity index is 710. The minimum absolute atomic E-state index is 0.0638. The van der Waals surface area contributed by atoms with E-state index in [1.54, 1.807) is 0 Å². The molecule has 0 heterocycles. The zero-order chi connectivity index (χ0) is 12.9. The van der Waals surface area contributed by atoms with E-state index in [2.05, 4.69) is 0 Å². The molecule has 0 atom stereocenters. The van der Waals surface area contributed by atoms with Gasteiger partial charge in [0.2, 0.25) is 0 Å². The lowest BCUT2D eigenvalue weighted by Crippen LogP contribution is -1.88. The van der Waals surface area contributed by atoms with Crippen LogP contribution >= 0.6 is 0 Å². The van der Waals surface area contributed by atoms with Crippen molar-refractivity contribution in [3.63, 3.8) is 0 Å². The maximum atomic E-state index is 13.5. The van der Waals surface area contributed by atoms with Crippen molar-refractivity contribution in [2.75, 3.05) is 0 Å². The predicted octanol–water partition coefficient (Wildman–Crippen LogP) is 4.15. The van der Waals surface area contributed by atoms with Crippen LogP contribution in [0.25, 0.3) is 21.5 Å². The van der Waals surface area contributed by atoms with Crippen molar-refractivity contribution in [2.24, 2.45) is 0 Å². The summed E-state index contributed by atoms with van der Waals surface area (Å²) in [6, 6.07) is 8.36. The highest BCUT2D eigenvalue weighted by molar-refractivity contribution is 5.98. The van der Waals surface area contributed by atoms with Gasteiger partial charge >= 0.3 is 0 Å². The molecule has 0 spiro atoms. The van der Waals surface area contributed by atoms with Crippen LogP contribution in [0.5, 0.6) is 0 Å². The average Bonchev–Trinajstić information content (AvgIpc) is 2.27. The van der Waals surface area contributed by atoms with Crippen LogP contribution < -0.4 is 0 Å². The zero-order valence-corrected chi connectivity index (χ0v) is 8.82. The second-order valence-corrected chi connectivity index (χ2v) is 3.89. The fourth-order valence-electron chi connectivity index (χ4n) is 1.94. The molecule has 4 heteroatoms. The maximum absolute atomic E-state index is 13.5. The van der Waals surface area contributed by atoms with Crippen molar-refractivity contribution in [3.8, 4) is 0 Å². The number of fused-ring (bicyclic) bond motifs is 2. The van der Waals surface area contributed by atoms with Gasteiger partial charge in [-0.05, 0) is 35.0 Å². The van der Waals surface area contributed by atoms with Gasteiger partial charge in [0, 0.05) is 10.8 Å². The van der Waals surface area contributed by atoms with Gasteiger partial charge in [-0.1, -0.05) is 0 Å². The summed E-state index contributed by atoms with van der Waals surface area (Å²) in [4.78, 5) is 0. The Morgan fingerprint density at radius 3 is 1.39 bits per heavy atom. The van der Waals surface area contributed by atoms with E-state index in [4.69, 9.17) is 0 Å². The van der Waals surface area contributed by atoms with Crippen LogP contribution in [0.15, 0.2) is 24.3 Å². The fraction of sp³-hybridized carbons (Fsp3) is 0. The molecule has 0 unspecified atom stereocenters. The molecule has 0 aliphatic rings. The quantitative estimate of drug-likeness (QED) is 0.414. The van der Waals surface area contributed by atoms with Crippen molar-refractivity contribution in [2.45, 2.75) is 0 Å². The van der Waals surface area contributed by atoms with Gasteiger partial charge in [0.25, 0.3) is 0 Å². The molecule has 0 saturated heterocycles. The van der Waals surface area contributed by atoms with Gasteiger partial charge < -0.3 is 0 Å². The first-order valence-corrected chi connectivity index (χ1v) is 5.07. The minimum Gasteiger partial charge on any atom is -0.206 e. The van der Waals surface area contributed by atoms with Crippen molar-refractivity contribution in [1.29, 1.82) is 0 Å². The lowest BCUT2D eigenvalue weighted by Gasteiger charge is -2.04. The van der Waals surface area contributed by atoms with E-state index in [9.17, 15) is 17.6 Å². The highest BCUT2D eigenvalue weighted by atomic mass is 19.1. The van der Waals surface area contributed by atoms with Gasteiger partial charge in [-0.3, -0.25) is 0 Å². The third kappa shape index (κ3) is 1.61. The van der Waals surface area contributed by atoms with Gasteiger partial charge in [0.15, 0.2) is 0 Å². The molecule has 88 valence electrons. The number of benzene rings is 3. The van der Waals surface area contributed by atoms with E-state index in [-0.39, 0.29) is 21.5 Å². The van der Waals surface area contributed by atoms with Crippen LogP contribution in [-0.2, 0) is 0 Å². The summed E-state index contributed by atoms with van der Waals surface area (Å²) >= 11 is 0. The smallest absolute Gasteiger partial charge is 0.142 e. The van der Waals surface area contributed by atoms with Crippen LogP contribution in [-0.4, -0.2) is 0 Å². The molecular weight excluding hydrogens is 244 g/mol. The lowest BCUT2D eigenvalue weighted by atomic mass is 10.0. The van der Waals surface area contributed by atoms with Gasteiger partial charge in [0.05, 0.1) is 12.1 Å². The van der Waals surface area contributed by atoms with Crippen molar-refractivity contribution in [1.82, 2.24) is 0 Å². The van der Waals surface area contributed by atoms with E-state index in [0.717, 1.165) is 12.1 Å². The van der Waals surface area contributed by atoms with E-state index in [0.29, 0.717) is 0 Å². The summed E-state index contributed by atoms with van der Waals surface area (Å²) in [6.07, 6.45) is 0. The average molecular weight is 248 g/mol.